The van der Waals surface area contributed by atoms with Crippen LogP contribution < -0.4 is 0 Å². The smallest absolute Gasteiger partial charge is 0.159 e. The molecule has 0 atom stereocenters. The van der Waals surface area contributed by atoms with Crippen LogP contribution in [0.25, 0.3) is 0 Å². The zero-order valence-corrected chi connectivity index (χ0v) is 4.87. The second-order valence-electron chi connectivity index (χ2n) is 1.73. The number of hydrogen-bond donors (Lipinski definition) is 0. The van der Waals surface area contributed by atoms with Crippen molar-refractivity contribution in [1.29, 1.82) is 0 Å². The predicted molar refractivity (Wildman–Crippen MR) is 36.4 cm³/mol. The van der Waals surface area contributed by atoms with E-state index in [2.05, 4.69) is 0 Å². The maximum absolute atomic E-state index is 11.0. The maximum Gasteiger partial charge on any atom is 0.159 e. The summed E-state index contributed by atoms with van der Waals surface area (Å²) in [5, 5.41) is 0. The highest BCUT2D eigenvalue weighted by atomic mass is 16.1. The summed E-state index contributed by atoms with van der Waals surface area (Å²) in [5.41, 5.74) is 0.433. The average Bonchev–Trinajstić information content (AvgIpc) is 2.05. The van der Waals surface area contributed by atoms with Crippen molar-refractivity contribution < 1.29 is 7.54 Å². The van der Waals surface area contributed by atoms with E-state index in [1.807, 2.05) is 0 Å². The van der Waals surface area contributed by atoms with Gasteiger partial charge < -0.3 is 0 Å². The van der Waals surface area contributed by atoms with Crippen molar-refractivity contribution in [3.05, 3.63) is 35.9 Å². The van der Waals surface area contributed by atoms with Gasteiger partial charge in [-0.3, -0.25) is 4.79 Å². The molecule has 1 rings (SSSR count). The summed E-state index contributed by atoms with van der Waals surface area (Å²) in [6.45, 7) is -1.41. The molecule has 1 aromatic carbocycles. The van der Waals surface area contributed by atoms with Gasteiger partial charge in [0.1, 0.15) is 0 Å². The Morgan fingerprint density at radius 2 is 2.11 bits per heavy atom. The van der Waals surface area contributed by atoms with Gasteiger partial charge >= 0.3 is 0 Å². The number of rotatable bonds is 1. The molecule has 0 saturated heterocycles. The van der Waals surface area contributed by atoms with Crippen LogP contribution in [0.5, 0.6) is 0 Å². The van der Waals surface area contributed by atoms with Gasteiger partial charge in [0.25, 0.3) is 0 Å². The predicted octanol–water partition coefficient (Wildman–Crippen LogP) is 1.89. The Hall–Kier alpha value is -1.11. The lowest BCUT2D eigenvalue weighted by Crippen LogP contribution is -1.88. The molecule has 9 heavy (non-hydrogen) atoms. The summed E-state index contributed by atoms with van der Waals surface area (Å²) in [4.78, 5) is 11.0. The summed E-state index contributed by atoms with van der Waals surface area (Å²) < 4.78 is 13.7. The molecule has 0 radical (unpaired) electrons. The van der Waals surface area contributed by atoms with Crippen LogP contribution in [0.3, 0.4) is 0 Å². The van der Waals surface area contributed by atoms with Crippen molar-refractivity contribution in [2.45, 2.75) is 6.88 Å². The normalized spacial score (nSPS) is 12.6. The highest BCUT2D eigenvalue weighted by Crippen LogP contribution is 1.97. The van der Waals surface area contributed by atoms with E-state index >= 15 is 0 Å². The van der Waals surface area contributed by atoms with E-state index in [9.17, 15) is 4.79 Å². The molecule has 0 heterocycles. The third kappa shape index (κ3) is 1.39. The molecule has 1 aromatic rings. The minimum atomic E-state index is -1.41. The summed E-state index contributed by atoms with van der Waals surface area (Å²) in [6.07, 6.45) is 0. The fourth-order valence-electron chi connectivity index (χ4n) is 0.602. The van der Waals surface area contributed by atoms with Gasteiger partial charge in [0.15, 0.2) is 5.78 Å². The molecular formula is C8H8O. The van der Waals surface area contributed by atoms with Gasteiger partial charge in [-0.05, 0) is 6.88 Å². The van der Waals surface area contributed by atoms with E-state index in [0.717, 1.165) is 0 Å². The minimum Gasteiger partial charge on any atom is -0.295 e. The Balaban J connectivity index is 2.86. The number of carbonyl (C=O) groups is 1. The molecule has 0 aliphatic rings. The van der Waals surface area contributed by atoms with E-state index < -0.39 is 12.7 Å². The van der Waals surface area contributed by atoms with Crippen LogP contribution in [0, 0.1) is 0 Å². The summed E-state index contributed by atoms with van der Waals surface area (Å²) in [7, 11) is 0. The highest BCUT2D eigenvalue weighted by Gasteiger charge is 1.92. The van der Waals surface area contributed by atoms with Crippen molar-refractivity contribution in [1.82, 2.24) is 0 Å². The second kappa shape index (κ2) is 2.44. The van der Waals surface area contributed by atoms with Crippen LogP contribution in [0.2, 0.25) is 0 Å². The molecule has 0 aromatic heterocycles. The van der Waals surface area contributed by atoms with Crippen LogP contribution in [-0.4, -0.2) is 5.78 Å². The van der Waals surface area contributed by atoms with Gasteiger partial charge in [0.05, 0.1) is 0 Å². The third-order valence-corrected chi connectivity index (χ3v) is 1.06. The minimum absolute atomic E-state index is 0.433. The number of benzene rings is 1. The van der Waals surface area contributed by atoms with Crippen LogP contribution in [-0.2, 0) is 0 Å². The molecular weight excluding hydrogens is 112 g/mol. The van der Waals surface area contributed by atoms with Crippen molar-refractivity contribution in [3.63, 3.8) is 0 Å². The van der Waals surface area contributed by atoms with Crippen LogP contribution in [0.1, 0.15) is 20.0 Å². The molecule has 0 aliphatic carbocycles. The van der Waals surface area contributed by atoms with Gasteiger partial charge in [-0.25, -0.2) is 0 Å². The number of carbonyl (C=O) groups excluding carboxylic acids is 1. The Kier molecular flexibility index (Phi) is 1.04. The Bertz CT molecular complexity index is 244. The highest BCUT2D eigenvalue weighted by molar-refractivity contribution is 5.93. The van der Waals surface area contributed by atoms with E-state index in [-0.39, 0.29) is 0 Å². The second-order valence-corrected chi connectivity index (χ2v) is 1.73. The molecule has 0 N–H and O–H groups in total. The fourth-order valence-corrected chi connectivity index (χ4v) is 0.602. The molecule has 1 nitrogen and oxygen atoms in total. The molecule has 0 amide bonds. The van der Waals surface area contributed by atoms with Gasteiger partial charge in [0, 0.05) is 8.30 Å². The van der Waals surface area contributed by atoms with Crippen LogP contribution in [0.4, 0.5) is 0 Å². The first-order valence-electron chi connectivity index (χ1n) is 3.81. The molecule has 0 spiro atoms. The number of Topliss-reactive ketones (excluding diaryl/α,β-unsaturated/α-hetero) is 1. The molecule has 46 valence electrons. The number of ketones is 1. The summed E-state index contributed by atoms with van der Waals surface area (Å²) in [5.74, 6) is -0.453. The lowest BCUT2D eigenvalue weighted by Gasteiger charge is -1.89. The third-order valence-electron chi connectivity index (χ3n) is 1.06. The molecule has 0 unspecified atom stereocenters. The van der Waals surface area contributed by atoms with Gasteiger partial charge in [0.2, 0.25) is 0 Å². The Labute approximate surface area is 57.1 Å². The first-order valence-corrected chi connectivity index (χ1v) is 2.65. The van der Waals surface area contributed by atoms with Crippen LogP contribution in [0.15, 0.2) is 30.3 Å². The standard InChI is InChI=1S/C8H8O/c1-7(9)8-5-3-2-4-6-8/h2-6H,1H3/i1D2. The SMILES string of the molecule is [2H]C([2H])C(=O)c1ccccc1. The van der Waals surface area contributed by atoms with E-state index in [4.69, 9.17) is 2.74 Å². The summed E-state index contributed by atoms with van der Waals surface area (Å²) >= 11 is 0. The van der Waals surface area contributed by atoms with E-state index in [1.54, 1.807) is 30.3 Å². The quantitative estimate of drug-likeness (QED) is 0.520. The van der Waals surface area contributed by atoms with Crippen molar-refractivity contribution in [2.75, 3.05) is 0 Å². The zero-order valence-electron chi connectivity index (χ0n) is 6.87. The fraction of sp³-hybridized carbons (Fsp3) is 0.125. The molecule has 0 aliphatic heterocycles. The lowest BCUT2D eigenvalue weighted by atomic mass is 10.2. The molecule has 0 saturated carbocycles. The maximum atomic E-state index is 11.0. The first kappa shape index (κ1) is 3.83. The monoisotopic (exact) mass is 122 g/mol. The average molecular weight is 122 g/mol. The van der Waals surface area contributed by atoms with E-state index in [0.29, 0.717) is 5.56 Å². The largest absolute Gasteiger partial charge is 0.295 e. The van der Waals surface area contributed by atoms with E-state index in [1.165, 1.54) is 0 Å². The molecule has 0 fully saturated rings. The molecule has 0 bridgehead atoms. The topological polar surface area (TPSA) is 17.1 Å². The van der Waals surface area contributed by atoms with Gasteiger partial charge in [-0.1, -0.05) is 30.3 Å². The molecule has 1 heteroatoms. The Morgan fingerprint density at radius 1 is 1.44 bits per heavy atom. The first-order chi connectivity index (χ1) is 5.22. The summed E-state index contributed by atoms with van der Waals surface area (Å²) in [6, 6.07) is 8.45. The van der Waals surface area contributed by atoms with Gasteiger partial charge in [-0.15, -0.1) is 0 Å². The van der Waals surface area contributed by atoms with Crippen molar-refractivity contribution in [3.8, 4) is 0 Å². The number of hydrogen-bond acceptors (Lipinski definition) is 1. The van der Waals surface area contributed by atoms with Gasteiger partial charge in [-0.2, -0.15) is 0 Å². The van der Waals surface area contributed by atoms with Crippen molar-refractivity contribution >= 4 is 5.78 Å². The zero-order chi connectivity index (χ0) is 8.27. The lowest BCUT2D eigenvalue weighted by molar-refractivity contribution is 0.101. The van der Waals surface area contributed by atoms with Crippen LogP contribution >= 0.6 is 0 Å². The van der Waals surface area contributed by atoms with Crippen molar-refractivity contribution in [2.24, 2.45) is 0 Å². The Morgan fingerprint density at radius 3 is 2.67 bits per heavy atom.